The fraction of sp³-hybridized carbons (Fsp3) is 0.160. The Hall–Kier alpha value is -3.13. The molecule has 0 radical (unpaired) electrons. The Labute approximate surface area is 215 Å². The molecule has 3 aromatic rings. The van der Waals surface area contributed by atoms with E-state index in [0.717, 1.165) is 5.56 Å². The molecule has 0 spiro atoms. The normalized spacial score (nSPS) is 10.6. The third kappa shape index (κ3) is 6.93. The summed E-state index contributed by atoms with van der Waals surface area (Å²) in [5, 5.41) is 8.80. The second kappa shape index (κ2) is 11.3. The average molecular weight is 516 g/mol. The van der Waals surface area contributed by atoms with E-state index in [1.807, 2.05) is 12.1 Å². The maximum Gasteiger partial charge on any atom is 0.257 e. The van der Waals surface area contributed by atoms with Gasteiger partial charge in [-0.2, -0.15) is 0 Å². The minimum atomic E-state index is -0.367. The van der Waals surface area contributed by atoms with Crippen molar-refractivity contribution < 1.29 is 22.0 Å². The first-order valence-corrected chi connectivity index (χ1v) is 11.0. The van der Waals surface area contributed by atoms with Crippen LogP contribution in [0.15, 0.2) is 66.7 Å². The molecule has 9 heteroatoms. The van der Waals surface area contributed by atoms with Crippen LogP contribution in [0.4, 0.5) is 17.1 Å². The number of amides is 2. The van der Waals surface area contributed by atoms with Crippen molar-refractivity contribution in [2.75, 3.05) is 16.4 Å². The SMILES string of the molecule is CC(C)(C)c1ccc(C(=O)NC(=S)Nc2ccc(NC(=O)c3ccccc3Cl)c(N)c2)cc1.[Cl-]. The third-order valence-electron chi connectivity index (χ3n) is 4.92. The Bertz CT molecular complexity index is 1210. The Balaban J connectivity index is 0.00000408. The summed E-state index contributed by atoms with van der Waals surface area (Å²) in [6, 6.07) is 19.1. The minimum absolute atomic E-state index is 0. The Morgan fingerprint density at radius 1 is 0.912 bits per heavy atom. The molecular formula is C25H25Cl2N4O2S-. The van der Waals surface area contributed by atoms with Crippen LogP contribution in [0.1, 0.15) is 47.1 Å². The number of hydrogen-bond donors (Lipinski definition) is 4. The van der Waals surface area contributed by atoms with Gasteiger partial charge in [-0.05, 0) is 65.7 Å². The van der Waals surface area contributed by atoms with Crippen molar-refractivity contribution in [2.45, 2.75) is 26.2 Å². The van der Waals surface area contributed by atoms with Crippen molar-refractivity contribution in [3.8, 4) is 0 Å². The summed E-state index contributed by atoms with van der Waals surface area (Å²) in [6.45, 7) is 6.33. The number of nitrogens with two attached hydrogens (primary N) is 1. The summed E-state index contributed by atoms with van der Waals surface area (Å²) in [6.07, 6.45) is 0. The molecule has 0 aliphatic rings. The summed E-state index contributed by atoms with van der Waals surface area (Å²) >= 11 is 11.3. The van der Waals surface area contributed by atoms with Gasteiger partial charge in [0.1, 0.15) is 0 Å². The largest absolute Gasteiger partial charge is 1.00 e. The second-order valence-corrected chi connectivity index (χ2v) is 9.29. The summed E-state index contributed by atoms with van der Waals surface area (Å²) in [5.74, 6) is -0.683. The fourth-order valence-electron chi connectivity index (χ4n) is 3.05. The van der Waals surface area contributed by atoms with Crippen LogP contribution in [0.2, 0.25) is 5.02 Å². The standard InChI is InChI=1S/C25H25ClN4O2S.ClH/c1-25(2,3)16-10-8-15(9-11-16)22(31)30-24(33)28-17-12-13-21(20(27)14-17)29-23(32)18-6-4-5-7-19(18)26;/h4-14H,27H2,1-3H3,(H,29,32)(H2,28,30,31,33);1H/p-1. The highest BCUT2D eigenvalue weighted by Crippen LogP contribution is 2.25. The molecule has 0 bridgehead atoms. The minimum Gasteiger partial charge on any atom is -1.00 e. The molecule has 0 aliphatic heterocycles. The molecule has 5 N–H and O–H groups in total. The quantitative estimate of drug-likeness (QED) is 0.316. The maximum atomic E-state index is 12.5. The van der Waals surface area contributed by atoms with E-state index >= 15 is 0 Å². The van der Waals surface area contributed by atoms with E-state index in [1.165, 1.54) is 0 Å². The number of benzene rings is 3. The number of carbonyl (C=O) groups is 2. The Kier molecular flexibility index (Phi) is 9.04. The van der Waals surface area contributed by atoms with Crippen LogP contribution in [-0.4, -0.2) is 16.9 Å². The van der Waals surface area contributed by atoms with Gasteiger partial charge >= 0.3 is 0 Å². The molecule has 0 aromatic heterocycles. The summed E-state index contributed by atoms with van der Waals surface area (Å²) < 4.78 is 0. The average Bonchev–Trinajstić information content (AvgIpc) is 2.75. The van der Waals surface area contributed by atoms with Crippen LogP contribution < -0.4 is 34.1 Å². The zero-order valence-corrected chi connectivity index (χ0v) is 21.2. The van der Waals surface area contributed by atoms with E-state index in [1.54, 1.807) is 54.6 Å². The van der Waals surface area contributed by atoms with Crippen molar-refractivity contribution in [1.82, 2.24) is 5.32 Å². The number of nitrogen functional groups attached to an aromatic ring is 1. The van der Waals surface area contributed by atoms with Crippen molar-refractivity contribution in [3.63, 3.8) is 0 Å². The van der Waals surface area contributed by atoms with Crippen LogP contribution in [0.25, 0.3) is 0 Å². The highest BCUT2D eigenvalue weighted by Gasteiger charge is 2.15. The molecule has 0 heterocycles. The molecule has 0 saturated heterocycles. The van der Waals surface area contributed by atoms with E-state index in [-0.39, 0.29) is 34.7 Å². The highest BCUT2D eigenvalue weighted by molar-refractivity contribution is 7.80. The predicted molar refractivity (Wildman–Crippen MR) is 139 cm³/mol. The van der Waals surface area contributed by atoms with Crippen LogP contribution in [0.5, 0.6) is 0 Å². The lowest BCUT2D eigenvalue weighted by molar-refractivity contribution is -0.0000226. The van der Waals surface area contributed by atoms with Gasteiger partial charge in [-0.15, -0.1) is 0 Å². The van der Waals surface area contributed by atoms with Crippen LogP contribution >= 0.6 is 23.8 Å². The van der Waals surface area contributed by atoms with Crippen molar-refractivity contribution in [2.24, 2.45) is 0 Å². The van der Waals surface area contributed by atoms with E-state index in [2.05, 4.69) is 36.7 Å². The van der Waals surface area contributed by atoms with Crippen LogP contribution in [0.3, 0.4) is 0 Å². The molecule has 6 nitrogen and oxygen atoms in total. The van der Waals surface area contributed by atoms with Gasteiger partial charge in [0.15, 0.2) is 5.11 Å². The fourth-order valence-corrected chi connectivity index (χ4v) is 3.48. The number of hydrogen-bond acceptors (Lipinski definition) is 4. The molecule has 0 saturated carbocycles. The number of nitrogens with one attached hydrogen (secondary N) is 3. The van der Waals surface area contributed by atoms with Crippen molar-refractivity contribution >= 4 is 57.8 Å². The second-order valence-electron chi connectivity index (χ2n) is 8.47. The van der Waals surface area contributed by atoms with E-state index in [0.29, 0.717) is 33.2 Å². The molecule has 34 heavy (non-hydrogen) atoms. The monoisotopic (exact) mass is 515 g/mol. The molecule has 0 unspecified atom stereocenters. The molecule has 3 rings (SSSR count). The van der Waals surface area contributed by atoms with Gasteiger partial charge in [0.2, 0.25) is 0 Å². The molecule has 3 aromatic carbocycles. The first kappa shape index (κ1) is 27.1. The van der Waals surface area contributed by atoms with E-state index in [4.69, 9.17) is 29.6 Å². The molecule has 2 amide bonds. The molecular weight excluding hydrogens is 491 g/mol. The predicted octanol–water partition coefficient (Wildman–Crippen LogP) is 2.60. The summed E-state index contributed by atoms with van der Waals surface area (Å²) in [7, 11) is 0. The molecule has 178 valence electrons. The summed E-state index contributed by atoms with van der Waals surface area (Å²) in [4.78, 5) is 24.9. The zero-order chi connectivity index (χ0) is 24.2. The topological polar surface area (TPSA) is 96.2 Å². The first-order chi connectivity index (χ1) is 15.5. The molecule has 0 aliphatic carbocycles. The lowest BCUT2D eigenvalue weighted by Gasteiger charge is -2.19. The van der Waals surface area contributed by atoms with Gasteiger partial charge in [0.25, 0.3) is 11.8 Å². The third-order valence-corrected chi connectivity index (χ3v) is 5.45. The van der Waals surface area contributed by atoms with Crippen LogP contribution in [-0.2, 0) is 5.41 Å². The van der Waals surface area contributed by atoms with Gasteiger partial charge in [-0.25, -0.2) is 0 Å². The van der Waals surface area contributed by atoms with Gasteiger partial charge in [-0.3, -0.25) is 14.9 Å². The van der Waals surface area contributed by atoms with E-state index < -0.39 is 0 Å². The summed E-state index contributed by atoms with van der Waals surface area (Å²) in [5.41, 5.74) is 9.40. The number of anilines is 3. The van der Waals surface area contributed by atoms with E-state index in [9.17, 15) is 9.59 Å². The van der Waals surface area contributed by atoms with Crippen molar-refractivity contribution in [1.29, 1.82) is 0 Å². The lowest BCUT2D eigenvalue weighted by Crippen LogP contribution is -3.00. The molecule has 0 atom stereocenters. The number of thiocarbonyl (C=S) groups is 1. The molecule has 0 fully saturated rings. The number of carbonyl (C=O) groups excluding carboxylic acids is 2. The Morgan fingerprint density at radius 2 is 1.56 bits per heavy atom. The van der Waals surface area contributed by atoms with Crippen LogP contribution in [0, 0.1) is 0 Å². The van der Waals surface area contributed by atoms with Crippen molar-refractivity contribution in [3.05, 3.63) is 88.4 Å². The highest BCUT2D eigenvalue weighted by atomic mass is 35.5. The number of halogens is 2. The van der Waals surface area contributed by atoms with Gasteiger partial charge in [0.05, 0.1) is 22.0 Å². The smallest absolute Gasteiger partial charge is 0.257 e. The lowest BCUT2D eigenvalue weighted by atomic mass is 9.87. The first-order valence-electron chi connectivity index (χ1n) is 10.2. The number of rotatable bonds is 4. The van der Waals surface area contributed by atoms with Gasteiger partial charge < -0.3 is 28.8 Å². The zero-order valence-electron chi connectivity index (χ0n) is 18.9. The Morgan fingerprint density at radius 3 is 2.15 bits per heavy atom. The maximum absolute atomic E-state index is 12.5. The van der Waals surface area contributed by atoms with Gasteiger partial charge in [-0.1, -0.05) is 56.6 Å². The van der Waals surface area contributed by atoms with Gasteiger partial charge in [0, 0.05) is 11.3 Å².